The number of aromatic amines is 1. The first kappa shape index (κ1) is 16.6. The van der Waals surface area contributed by atoms with Crippen molar-refractivity contribution in [3.05, 3.63) is 41.1 Å². The number of aromatic nitrogens is 1. The smallest absolute Gasteiger partial charge is 0.391 e. The van der Waals surface area contributed by atoms with Gasteiger partial charge in [0.15, 0.2) is 0 Å². The van der Waals surface area contributed by atoms with Gasteiger partial charge in [-0.2, -0.15) is 13.2 Å². The number of carbonyl (C=O) groups is 1. The Labute approximate surface area is 137 Å². The number of carbonyl (C=O) groups excluding carboxylic acids is 1. The second-order valence-corrected chi connectivity index (χ2v) is 6.14. The number of hydrogen-bond acceptors (Lipinski definition) is 2. The van der Waals surface area contributed by atoms with Crippen LogP contribution in [0.2, 0.25) is 0 Å². The molecule has 1 aliphatic rings. The highest BCUT2D eigenvalue weighted by Crippen LogP contribution is 2.39. The zero-order chi connectivity index (χ0) is 17.3. The normalized spacial score (nSPS) is 18.7. The Hall–Kier alpha value is -2.24. The summed E-state index contributed by atoms with van der Waals surface area (Å²) in [5.41, 5.74) is 3.20. The molecule has 0 amide bonds. The Balaban J connectivity index is 1.77. The Bertz CT molecular complexity index is 779. The van der Waals surface area contributed by atoms with Gasteiger partial charge >= 0.3 is 12.1 Å². The van der Waals surface area contributed by atoms with E-state index in [-0.39, 0.29) is 12.8 Å². The van der Waals surface area contributed by atoms with Crippen LogP contribution in [-0.4, -0.2) is 24.2 Å². The zero-order valence-electron chi connectivity index (χ0n) is 13.2. The number of esters is 1. The van der Waals surface area contributed by atoms with E-state index in [1.54, 1.807) is 18.2 Å². The predicted octanol–water partition coefficient (Wildman–Crippen LogP) is 5.09. The van der Waals surface area contributed by atoms with Crippen molar-refractivity contribution < 1.29 is 22.7 Å². The van der Waals surface area contributed by atoms with Gasteiger partial charge in [0.1, 0.15) is 0 Å². The van der Waals surface area contributed by atoms with Crippen LogP contribution in [0.5, 0.6) is 0 Å². The van der Waals surface area contributed by atoms with Gasteiger partial charge in [-0.05, 0) is 56.0 Å². The molecule has 0 spiro atoms. The van der Waals surface area contributed by atoms with Crippen LogP contribution >= 0.6 is 0 Å². The Morgan fingerprint density at radius 1 is 1.25 bits per heavy atom. The minimum Gasteiger partial charge on any atom is -0.465 e. The van der Waals surface area contributed by atoms with Crippen molar-refractivity contribution in [2.24, 2.45) is 5.92 Å². The number of methoxy groups -OCH3 is 1. The van der Waals surface area contributed by atoms with Crippen LogP contribution < -0.4 is 0 Å². The molecule has 6 heteroatoms. The maximum Gasteiger partial charge on any atom is 0.391 e. The molecule has 3 rings (SSSR count). The number of benzene rings is 1. The summed E-state index contributed by atoms with van der Waals surface area (Å²) in [6.07, 6.45) is -0.925. The molecule has 0 radical (unpaired) electrons. The minimum absolute atomic E-state index is 0.155. The highest BCUT2D eigenvalue weighted by atomic mass is 19.4. The van der Waals surface area contributed by atoms with E-state index >= 15 is 0 Å². The summed E-state index contributed by atoms with van der Waals surface area (Å²) in [7, 11) is 1.33. The van der Waals surface area contributed by atoms with Crippen LogP contribution in [0.25, 0.3) is 17.0 Å². The van der Waals surface area contributed by atoms with E-state index in [4.69, 9.17) is 4.74 Å². The van der Waals surface area contributed by atoms with E-state index in [1.807, 2.05) is 12.1 Å². The van der Waals surface area contributed by atoms with Crippen molar-refractivity contribution in [2.75, 3.05) is 7.11 Å². The predicted molar refractivity (Wildman–Crippen MR) is 85.6 cm³/mol. The first-order valence-electron chi connectivity index (χ1n) is 7.84. The molecule has 128 valence electrons. The van der Waals surface area contributed by atoms with Crippen molar-refractivity contribution in [1.29, 1.82) is 0 Å². The Morgan fingerprint density at radius 3 is 2.58 bits per heavy atom. The maximum absolute atomic E-state index is 12.7. The average Bonchev–Trinajstić information content (AvgIpc) is 2.95. The van der Waals surface area contributed by atoms with Crippen molar-refractivity contribution >= 4 is 22.9 Å². The van der Waals surface area contributed by atoms with Gasteiger partial charge in [-0.25, -0.2) is 4.79 Å². The SMILES string of the molecule is COC(=O)c1ccc2[nH]c(C=C3CCC(C(F)(F)F)CC3)cc2c1. The van der Waals surface area contributed by atoms with Crippen molar-refractivity contribution in [3.63, 3.8) is 0 Å². The van der Waals surface area contributed by atoms with Gasteiger partial charge in [0, 0.05) is 16.6 Å². The number of hydrogen-bond donors (Lipinski definition) is 1. The molecular formula is C18H18F3NO2. The number of nitrogens with one attached hydrogen (secondary N) is 1. The van der Waals surface area contributed by atoms with E-state index in [1.165, 1.54) is 7.11 Å². The quantitative estimate of drug-likeness (QED) is 0.776. The molecule has 0 atom stereocenters. The van der Waals surface area contributed by atoms with Gasteiger partial charge in [0.05, 0.1) is 18.6 Å². The zero-order valence-corrected chi connectivity index (χ0v) is 13.2. The highest BCUT2D eigenvalue weighted by molar-refractivity contribution is 5.95. The summed E-state index contributed by atoms with van der Waals surface area (Å²) in [6, 6.07) is 7.10. The second kappa shape index (κ2) is 6.34. The Kier molecular flexibility index (Phi) is 4.39. The first-order chi connectivity index (χ1) is 11.4. The molecule has 0 bridgehead atoms. The number of fused-ring (bicyclic) bond motifs is 1. The molecule has 2 aromatic rings. The molecule has 1 aromatic heterocycles. The topological polar surface area (TPSA) is 42.1 Å². The molecule has 1 aromatic carbocycles. The fourth-order valence-electron chi connectivity index (χ4n) is 3.16. The van der Waals surface area contributed by atoms with Gasteiger partial charge < -0.3 is 9.72 Å². The second-order valence-electron chi connectivity index (χ2n) is 6.14. The third kappa shape index (κ3) is 3.47. The summed E-state index contributed by atoms with van der Waals surface area (Å²) < 4.78 is 42.8. The largest absolute Gasteiger partial charge is 0.465 e. The van der Waals surface area contributed by atoms with Crippen LogP contribution in [0.1, 0.15) is 41.7 Å². The average molecular weight is 337 g/mol. The van der Waals surface area contributed by atoms with E-state index in [2.05, 4.69) is 4.98 Å². The van der Waals surface area contributed by atoms with Crippen molar-refractivity contribution in [2.45, 2.75) is 31.9 Å². The number of H-pyrrole nitrogens is 1. The van der Waals surface area contributed by atoms with E-state index in [0.717, 1.165) is 22.2 Å². The minimum atomic E-state index is -4.09. The third-order valence-electron chi connectivity index (χ3n) is 4.51. The molecule has 1 fully saturated rings. The fraction of sp³-hybridized carbons (Fsp3) is 0.389. The fourth-order valence-corrected chi connectivity index (χ4v) is 3.16. The van der Waals surface area contributed by atoms with Crippen LogP contribution in [0.3, 0.4) is 0 Å². The molecule has 24 heavy (non-hydrogen) atoms. The van der Waals surface area contributed by atoms with Crippen LogP contribution in [0, 0.1) is 5.92 Å². The lowest BCUT2D eigenvalue weighted by Gasteiger charge is -2.25. The first-order valence-corrected chi connectivity index (χ1v) is 7.84. The molecule has 0 aliphatic heterocycles. The lowest BCUT2D eigenvalue weighted by Crippen LogP contribution is -2.25. The molecule has 0 unspecified atom stereocenters. The number of allylic oxidation sites excluding steroid dienone is 1. The number of alkyl halides is 3. The van der Waals surface area contributed by atoms with Crippen molar-refractivity contribution in [3.8, 4) is 0 Å². The monoisotopic (exact) mass is 337 g/mol. The molecule has 1 N–H and O–H groups in total. The molecule has 1 heterocycles. The summed E-state index contributed by atoms with van der Waals surface area (Å²) >= 11 is 0. The third-order valence-corrected chi connectivity index (χ3v) is 4.51. The van der Waals surface area contributed by atoms with Gasteiger partial charge in [-0.3, -0.25) is 0 Å². The molecular weight excluding hydrogens is 319 g/mol. The van der Waals surface area contributed by atoms with Crippen LogP contribution in [0.15, 0.2) is 29.8 Å². The van der Waals surface area contributed by atoms with Gasteiger partial charge in [0.2, 0.25) is 0 Å². The summed E-state index contributed by atoms with van der Waals surface area (Å²) in [5.74, 6) is -1.58. The lowest BCUT2D eigenvalue weighted by molar-refractivity contribution is -0.179. The summed E-state index contributed by atoms with van der Waals surface area (Å²) in [6.45, 7) is 0. The summed E-state index contributed by atoms with van der Waals surface area (Å²) in [4.78, 5) is 14.8. The van der Waals surface area contributed by atoms with E-state index in [9.17, 15) is 18.0 Å². The van der Waals surface area contributed by atoms with Gasteiger partial charge in [-0.1, -0.05) is 5.57 Å². The van der Waals surface area contributed by atoms with Crippen molar-refractivity contribution in [1.82, 2.24) is 4.98 Å². The molecule has 1 aliphatic carbocycles. The standard InChI is InChI=1S/C18H18F3NO2/c1-24-17(23)12-4-7-16-13(9-12)10-15(22-16)8-11-2-5-14(6-3-11)18(19,20)21/h4,7-10,14,22H,2-3,5-6H2,1H3. The Morgan fingerprint density at radius 2 is 1.96 bits per heavy atom. The van der Waals surface area contributed by atoms with Crippen LogP contribution in [0.4, 0.5) is 13.2 Å². The molecule has 1 saturated carbocycles. The number of halogens is 3. The van der Waals surface area contributed by atoms with Gasteiger partial charge in [0.25, 0.3) is 0 Å². The highest BCUT2D eigenvalue weighted by Gasteiger charge is 2.40. The maximum atomic E-state index is 12.7. The van der Waals surface area contributed by atoms with Crippen LogP contribution in [-0.2, 0) is 4.74 Å². The van der Waals surface area contributed by atoms with E-state index < -0.39 is 18.1 Å². The molecule has 0 saturated heterocycles. The lowest BCUT2D eigenvalue weighted by atomic mass is 9.85. The summed E-state index contributed by atoms with van der Waals surface area (Å²) in [5, 5.41) is 0.869. The van der Waals surface area contributed by atoms with Gasteiger partial charge in [-0.15, -0.1) is 0 Å². The number of rotatable bonds is 2. The van der Waals surface area contributed by atoms with E-state index in [0.29, 0.717) is 18.4 Å². The molecule has 3 nitrogen and oxygen atoms in total. The number of ether oxygens (including phenoxy) is 1.